The van der Waals surface area contributed by atoms with Crippen molar-refractivity contribution in [2.45, 2.75) is 32.2 Å². The van der Waals surface area contributed by atoms with E-state index < -0.39 is 11.6 Å². The van der Waals surface area contributed by atoms with Crippen LogP contribution in [0, 0.1) is 17.6 Å². The number of hydrogen-bond acceptors (Lipinski definition) is 2. The molecule has 0 amide bonds. The Morgan fingerprint density at radius 3 is 2.65 bits per heavy atom. The van der Waals surface area contributed by atoms with E-state index in [0.29, 0.717) is 18.0 Å². The molecule has 1 atom stereocenters. The first-order valence-electron chi connectivity index (χ1n) is 7.07. The fourth-order valence-electron chi connectivity index (χ4n) is 2.69. The zero-order valence-corrected chi connectivity index (χ0v) is 12.4. The fraction of sp³-hybridized carbons (Fsp3) is 0.600. The molecule has 0 aliphatic carbocycles. The van der Waals surface area contributed by atoms with Gasteiger partial charge in [0.1, 0.15) is 11.6 Å². The van der Waals surface area contributed by atoms with Crippen LogP contribution in [-0.4, -0.2) is 19.8 Å². The van der Waals surface area contributed by atoms with E-state index in [1.165, 1.54) is 6.07 Å². The lowest BCUT2D eigenvalue weighted by atomic mass is 9.89. The first-order valence-corrected chi connectivity index (χ1v) is 7.45. The van der Waals surface area contributed by atoms with E-state index in [1.807, 2.05) is 6.92 Å². The molecule has 1 aromatic carbocycles. The quantitative estimate of drug-likeness (QED) is 0.827. The highest BCUT2D eigenvalue weighted by atomic mass is 35.5. The van der Waals surface area contributed by atoms with Crippen LogP contribution in [0.1, 0.15) is 37.8 Å². The second kappa shape index (κ2) is 7.34. The number of ether oxygens (including phenoxy) is 1. The molecule has 112 valence electrons. The molecule has 2 nitrogen and oxygen atoms in total. The Balaban J connectivity index is 2.16. The lowest BCUT2D eigenvalue weighted by Crippen LogP contribution is -2.27. The molecule has 1 N–H and O–H groups in total. The van der Waals surface area contributed by atoms with Gasteiger partial charge in [0, 0.05) is 24.8 Å². The summed E-state index contributed by atoms with van der Waals surface area (Å²) in [5.74, 6) is -0.543. The number of rotatable bonds is 5. The van der Waals surface area contributed by atoms with Crippen LogP contribution in [0.5, 0.6) is 0 Å². The van der Waals surface area contributed by atoms with E-state index in [0.717, 1.165) is 38.5 Å². The molecule has 0 saturated carbocycles. The number of hydrogen-bond donors (Lipinski definition) is 1. The molecule has 1 heterocycles. The first kappa shape index (κ1) is 15.7. The van der Waals surface area contributed by atoms with E-state index in [9.17, 15) is 8.78 Å². The third-order valence-electron chi connectivity index (χ3n) is 3.78. The molecule has 0 aromatic heterocycles. The van der Waals surface area contributed by atoms with Crippen molar-refractivity contribution in [2.75, 3.05) is 19.8 Å². The summed E-state index contributed by atoms with van der Waals surface area (Å²) < 4.78 is 33.0. The lowest BCUT2D eigenvalue weighted by molar-refractivity contribution is 0.0604. The third kappa shape index (κ3) is 3.90. The molecule has 20 heavy (non-hydrogen) atoms. The van der Waals surface area contributed by atoms with Gasteiger partial charge in [-0.1, -0.05) is 18.5 Å². The maximum atomic E-state index is 14.0. The van der Waals surface area contributed by atoms with Crippen LogP contribution in [0.15, 0.2) is 12.1 Å². The van der Waals surface area contributed by atoms with Crippen LogP contribution in [-0.2, 0) is 4.74 Å². The molecule has 1 aliphatic heterocycles. The summed E-state index contributed by atoms with van der Waals surface area (Å²) in [6, 6.07) is 2.08. The summed E-state index contributed by atoms with van der Waals surface area (Å²) in [5.41, 5.74) is 0.361. The van der Waals surface area contributed by atoms with Gasteiger partial charge in [0.15, 0.2) is 0 Å². The van der Waals surface area contributed by atoms with Crippen molar-refractivity contribution < 1.29 is 13.5 Å². The highest BCUT2D eigenvalue weighted by molar-refractivity contribution is 6.30. The Hall–Kier alpha value is -0.710. The summed E-state index contributed by atoms with van der Waals surface area (Å²) in [6.07, 6.45) is 2.73. The standard InChI is InChI=1S/C15H20ClF2NO/c1-2-19-15(7-10-3-5-20-6-4-10)11-8-14(18)12(16)9-13(11)17/h8-10,15,19H,2-7H2,1H3. The molecule has 2 rings (SSSR count). The second-order valence-corrected chi connectivity index (χ2v) is 5.60. The number of benzene rings is 1. The van der Waals surface area contributed by atoms with Gasteiger partial charge in [0.25, 0.3) is 0 Å². The lowest BCUT2D eigenvalue weighted by Gasteiger charge is -2.27. The van der Waals surface area contributed by atoms with Gasteiger partial charge in [-0.15, -0.1) is 0 Å². The van der Waals surface area contributed by atoms with Crippen LogP contribution in [0.2, 0.25) is 5.02 Å². The number of nitrogens with one attached hydrogen (secondary N) is 1. The minimum absolute atomic E-state index is 0.174. The molecular weight excluding hydrogens is 284 g/mol. The van der Waals surface area contributed by atoms with Gasteiger partial charge in [-0.2, -0.15) is 0 Å². The Morgan fingerprint density at radius 2 is 2.00 bits per heavy atom. The SMILES string of the molecule is CCNC(CC1CCOCC1)c1cc(F)c(Cl)cc1F. The van der Waals surface area contributed by atoms with Crippen molar-refractivity contribution in [3.8, 4) is 0 Å². The molecule has 1 fully saturated rings. The summed E-state index contributed by atoms with van der Waals surface area (Å²) in [7, 11) is 0. The number of halogens is 3. The highest BCUT2D eigenvalue weighted by Crippen LogP contribution is 2.31. The summed E-state index contributed by atoms with van der Waals surface area (Å²) >= 11 is 5.61. The van der Waals surface area contributed by atoms with Gasteiger partial charge in [-0.05, 0) is 43.9 Å². The van der Waals surface area contributed by atoms with E-state index in [2.05, 4.69) is 5.32 Å². The monoisotopic (exact) mass is 303 g/mol. The molecule has 1 saturated heterocycles. The summed E-state index contributed by atoms with van der Waals surface area (Å²) in [5, 5.41) is 3.07. The normalized spacial score (nSPS) is 18.2. The van der Waals surface area contributed by atoms with Gasteiger partial charge in [0.2, 0.25) is 0 Å². The van der Waals surface area contributed by atoms with Gasteiger partial charge in [-0.3, -0.25) is 0 Å². The Labute approximate surface area is 123 Å². The Bertz CT molecular complexity index is 450. The van der Waals surface area contributed by atoms with Crippen LogP contribution < -0.4 is 5.32 Å². The molecule has 1 unspecified atom stereocenters. The van der Waals surface area contributed by atoms with Crippen LogP contribution in [0.3, 0.4) is 0 Å². The van der Waals surface area contributed by atoms with Gasteiger partial charge < -0.3 is 10.1 Å². The molecule has 0 bridgehead atoms. The Morgan fingerprint density at radius 1 is 1.30 bits per heavy atom. The molecule has 5 heteroatoms. The molecule has 1 aromatic rings. The predicted molar refractivity (Wildman–Crippen MR) is 75.9 cm³/mol. The maximum Gasteiger partial charge on any atom is 0.142 e. The van der Waals surface area contributed by atoms with E-state index in [1.54, 1.807) is 0 Å². The molecule has 0 spiro atoms. The molecular formula is C15H20ClF2NO. The Kier molecular flexibility index (Phi) is 5.75. The fourth-order valence-corrected chi connectivity index (χ4v) is 2.84. The zero-order valence-electron chi connectivity index (χ0n) is 11.6. The average Bonchev–Trinajstić information content (AvgIpc) is 2.44. The van der Waals surface area contributed by atoms with Gasteiger partial charge in [-0.25, -0.2) is 8.78 Å². The van der Waals surface area contributed by atoms with Crippen molar-refractivity contribution in [1.29, 1.82) is 0 Å². The minimum atomic E-state index is -0.571. The topological polar surface area (TPSA) is 21.3 Å². The van der Waals surface area contributed by atoms with Crippen LogP contribution >= 0.6 is 11.6 Å². The van der Waals surface area contributed by atoms with Crippen molar-refractivity contribution in [2.24, 2.45) is 5.92 Å². The van der Waals surface area contributed by atoms with Gasteiger partial charge in [0.05, 0.1) is 5.02 Å². The smallest absolute Gasteiger partial charge is 0.142 e. The van der Waals surface area contributed by atoms with Crippen LogP contribution in [0.4, 0.5) is 8.78 Å². The molecule has 1 aliphatic rings. The van der Waals surface area contributed by atoms with Crippen LogP contribution in [0.25, 0.3) is 0 Å². The maximum absolute atomic E-state index is 14.0. The second-order valence-electron chi connectivity index (χ2n) is 5.19. The van der Waals surface area contributed by atoms with Crippen molar-refractivity contribution in [1.82, 2.24) is 5.32 Å². The highest BCUT2D eigenvalue weighted by Gasteiger charge is 2.23. The van der Waals surface area contributed by atoms with E-state index in [4.69, 9.17) is 16.3 Å². The third-order valence-corrected chi connectivity index (χ3v) is 4.07. The van der Waals surface area contributed by atoms with Crippen molar-refractivity contribution in [3.63, 3.8) is 0 Å². The minimum Gasteiger partial charge on any atom is -0.381 e. The average molecular weight is 304 g/mol. The first-order chi connectivity index (χ1) is 9.61. The molecule has 0 radical (unpaired) electrons. The van der Waals surface area contributed by atoms with Crippen molar-refractivity contribution >= 4 is 11.6 Å². The van der Waals surface area contributed by atoms with E-state index >= 15 is 0 Å². The van der Waals surface area contributed by atoms with Crippen molar-refractivity contribution in [3.05, 3.63) is 34.4 Å². The summed E-state index contributed by atoms with van der Waals surface area (Å²) in [6.45, 7) is 4.17. The largest absolute Gasteiger partial charge is 0.381 e. The van der Waals surface area contributed by atoms with Gasteiger partial charge >= 0.3 is 0 Å². The zero-order chi connectivity index (χ0) is 14.5. The summed E-state index contributed by atoms with van der Waals surface area (Å²) in [4.78, 5) is 0. The van der Waals surface area contributed by atoms with E-state index in [-0.39, 0.29) is 11.1 Å². The predicted octanol–water partition coefficient (Wildman–Crippen LogP) is 4.09.